The van der Waals surface area contributed by atoms with Gasteiger partial charge in [-0.15, -0.1) is 0 Å². The summed E-state index contributed by atoms with van der Waals surface area (Å²) in [6.07, 6.45) is 4.99. The van der Waals surface area contributed by atoms with Crippen molar-refractivity contribution < 1.29 is 9.59 Å². The molecule has 1 fully saturated rings. The SMILES string of the molecule is CC1CCCCC1C(=O)N(C)C=O. The third-order valence-electron chi connectivity index (χ3n) is 2.93. The summed E-state index contributed by atoms with van der Waals surface area (Å²) in [6.45, 7) is 2.10. The molecule has 2 atom stereocenters. The maximum atomic E-state index is 11.6. The second-order valence-corrected chi connectivity index (χ2v) is 3.92. The topological polar surface area (TPSA) is 37.4 Å². The normalized spacial score (nSPS) is 28.2. The summed E-state index contributed by atoms with van der Waals surface area (Å²) in [5, 5.41) is 0. The van der Waals surface area contributed by atoms with E-state index in [1.54, 1.807) is 0 Å². The van der Waals surface area contributed by atoms with Crippen LogP contribution in [0.2, 0.25) is 0 Å². The van der Waals surface area contributed by atoms with Gasteiger partial charge < -0.3 is 0 Å². The molecule has 2 unspecified atom stereocenters. The molecule has 1 aliphatic carbocycles. The summed E-state index contributed by atoms with van der Waals surface area (Å²) in [5.41, 5.74) is 0. The molecular formula is C10H17NO2. The monoisotopic (exact) mass is 183 g/mol. The van der Waals surface area contributed by atoms with Crippen LogP contribution in [0.3, 0.4) is 0 Å². The van der Waals surface area contributed by atoms with Gasteiger partial charge in [0.05, 0.1) is 0 Å². The molecule has 0 aromatic rings. The van der Waals surface area contributed by atoms with Crippen LogP contribution in [-0.2, 0) is 9.59 Å². The summed E-state index contributed by atoms with van der Waals surface area (Å²) in [7, 11) is 1.54. The lowest BCUT2D eigenvalue weighted by atomic mass is 9.80. The largest absolute Gasteiger partial charge is 0.288 e. The maximum absolute atomic E-state index is 11.6. The van der Waals surface area contributed by atoms with E-state index in [9.17, 15) is 9.59 Å². The molecule has 0 aliphatic heterocycles. The fraction of sp³-hybridized carbons (Fsp3) is 0.800. The summed E-state index contributed by atoms with van der Waals surface area (Å²) in [5.74, 6) is 0.495. The molecule has 0 spiro atoms. The molecule has 3 heteroatoms. The maximum Gasteiger partial charge on any atom is 0.232 e. The van der Waals surface area contributed by atoms with Crippen molar-refractivity contribution in [2.45, 2.75) is 32.6 Å². The first-order valence-corrected chi connectivity index (χ1v) is 4.88. The highest BCUT2D eigenvalue weighted by atomic mass is 16.2. The number of hydrogen-bond acceptors (Lipinski definition) is 2. The van der Waals surface area contributed by atoms with Crippen molar-refractivity contribution in [3.8, 4) is 0 Å². The second-order valence-electron chi connectivity index (χ2n) is 3.92. The summed E-state index contributed by atoms with van der Waals surface area (Å²) in [6, 6.07) is 0. The van der Waals surface area contributed by atoms with Crippen LogP contribution in [-0.4, -0.2) is 24.3 Å². The van der Waals surface area contributed by atoms with Crippen LogP contribution < -0.4 is 0 Å². The van der Waals surface area contributed by atoms with Gasteiger partial charge in [-0.25, -0.2) is 0 Å². The van der Waals surface area contributed by atoms with Crippen molar-refractivity contribution in [3.63, 3.8) is 0 Å². The van der Waals surface area contributed by atoms with Crippen LogP contribution in [0, 0.1) is 11.8 Å². The second kappa shape index (κ2) is 4.40. The first-order valence-electron chi connectivity index (χ1n) is 4.88. The Hall–Kier alpha value is -0.860. The Morgan fingerprint density at radius 2 is 2.00 bits per heavy atom. The third kappa shape index (κ3) is 2.29. The molecule has 74 valence electrons. The van der Waals surface area contributed by atoms with E-state index in [-0.39, 0.29) is 11.8 Å². The van der Waals surface area contributed by atoms with Gasteiger partial charge in [-0.1, -0.05) is 19.8 Å². The minimum atomic E-state index is -0.0119. The average molecular weight is 183 g/mol. The van der Waals surface area contributed by atoms with E-state index < -0.39 is 0 Å². The molecule has 2 amide bonds. The lowest BCUT2D eigenvalue weighted by molar-refractivity contribution is -0.141. The molecule has 1 saturated carbocycles. The number of imide groups is 1. The molecular weight excluding hydrogens is 166 g/mol. The van der Waals surface area contributed by atoms with E-state index in [1.165, 1.54) is 18.4 Å². The molecule has 1 aliphatic rings. The van der Waals surface area contributed by atoms with Crippen molar-refractivity contribution >= 4 is 12.3 Å². The van der Waals surface area contributed by atoms with Crippen LogP contribution in [0.25, 0.3) is 0 Å². The lowest BCUT2D eigenvalue weighted by Gasteiger charge is -2.29. The zero-order chi connectivity index (χ0) is 9.84. The van der Waals surface area contributed by atoms with Crippen molar-refractivity contribution in [1.29, 1.82) is 0 Å². The van der Waals surface area contributed by atoms with Crippen molar-refractivity contribution in [1.82, 2.24) is 4.90 Å². The zero-order valence-electron chi connectivity index (χ0n) is 8.32. The molecule has 3 nitrogen and oxygen atoms in total. The zero-order valence-corrected chi connectivity index (χ0v) is 8.32. The lowest BCUT2D eigenvalue weighted by Crippen LogP contribution is -2.36. The fourth-order valence-corrected chi connectivity index (χ4v) is 2.00. The Labute approximate surface area is 79.1 Å². The van der Waals surface area contributed by atoms with E-state index in [2.05, 4.69) is 6.92 Å². The Morgan fingerprint density at radius 1 is 1.38 bits per heavy atom. The summed E-state index contributed by atoms with van der Waals surface area (Å²) < 4.78 is 0. The first kappa shape index (κ1) is 10.2. The average Bonchev–Trinajstić information content (AvgIpc) is 2.16. The predicted molar refractivity (Wildman–Crippen MR) is 50.0 cm³/mol. The minimum Gasteiger partial charge on any atom is -0.288 e. The Balaban J connectivity index is 2.58. The van der Waals surface area contributed by atoms with E-state index in [0.717, 1.165) is 19.3 Å². The summed E-state index contributed by atoms with van der Waals surface area (Å²) >= 11 is 0. The third-order valence-corrected chi connectivity index (χ3v) is 2.93. The van der Waals surface area contributed by atoms with E-state index in [4.69, 9.17) is 0 Å². The van der Waals surface area contributed by atoms with Gasteiger partial charge >= 0.3 is 0 Å². The molecule has 0 saturated heterocycles. The standard InChI is InChI=1S/C10H17NO2/c1-8-5-3-4-6-9(8)10(13)11(2)7-12/h7-9H,3-6H2,1-2H3. The number of amides is 2. The van der Waals surface area contributed by atoms with Gasteiger partial charge in [-0.2, -0.15) is 0 Å². The van der Waals surface area contributed by atoms with Crippen LogP contribution in [0.15, 0.2) is 0 Å². The molecule has 0 aromatic heterocycles. The highest BCUT2D eigenvalue weighted by Gasteiger charge is 2.29. The van der Waals surface area contributed by atoms with Gasteiger partial charge in [-0.05, 0) is 18.8 Å². The van der Waals surface area contributed by atoms with Gasteiger partial charge in [0.25, 0.3) is 0 Å². The molecule has 0 heterocycles. The van der Waals surface area contributed by atoms with Crippen LogP contribution in [0.4, 0.5) is 0 Å². The molecule has 0 bridgehead atoms. The summed E-state index contributed by atoms with van der Waals surface area (Å²) in [4.78, 5) is 23.2. The van der Waals surface area contributed by atoms with Gasteiger partial charge in [0, 0.05) is 13.0 Å². The van der Waals surface area contributed by atoms with Gasteiger partial charge in [0.1, 0.15) is 0 Å². The Kier molecular flexibility index (Phi) is 3.46. The van der Waals surface area contributed by atoms with Crippen molar-refractivity contribution in [2.24, 2.45) is 11.8 Å². The van der Waals surface area contributed by atoms with Crippen molar-refractivity contribution in [3.05, 3.63) is 0 Å². The molecule has 1 rings (SSSR count). The highest BCUT2D eigenvalue weighted by molar-refractivity contribution is 5.87. The van der Waals surface area contributed by atoms with Gasteiger partial charge in [0.2, 0.25) is 12.3 Å². The smallest absolute Gasteiger partial charge is 0.232 e. The number of hydrogen-bond donors (Lipinski definition) is 0. The number of nitrogens with zero attached hydrogens (tertiary/aromatic N) is 1. The number of carbonyl (C=O) groups excluding carboxylic acids is 2. The number of carbonyl (C=O) groups is 2. The van der Waals surface area contributed by atoms with E-state index in [1.807, 2.05) is 0 Å². The highest BCUT2D eigenvalue weighted by Crippen LogP contribution is 2.30. The van der Waals surface area contributed by atoms with Gasteiger partial charge in [0.15, 0.2) is 0 Å². The Morgan fingerprint density at radius 3 is 2.54 bits per heavy atom. The minimum absolute atomic E-state index is 0.0119. The number of rotatable bonds is 2. The van der Waals surface area contributed by atoms with Gasteiger partial charge in [-0.3, -0.25) is 14.5 Å². The van der Waals surface area contributed by atoms with E-state index >= 15 is 0 Å². The first-order chi connectivity index (χ1) is 6.16. The quantitative estimate of drug-likeness (QED) is 0.607. The van der Waals surface area contributed by atoms with Crippen molar-refractivity contribution in [2.75, 3.05) is 7.05 Å². The fourth-order valence-electron chi connectivity index (χ4n) is 2.00. The predicted octanol–water partition coefficient (Wildman–Crippen LogP) is 1.43. The van der Waals surface area contributed by atoms with Crippen LogP contribution in [0.1, 0.15) is 32.6 Å². The molecule has 0 radical (unpaired) electrons. The van der Waals surface area contributed by atoms with E-state index in [0.29, 0.717) is 12.3 Å². The molecule has 13 heavy (non-hydrogen) atoms. The molecule has 0 N–H and O–H groups in total. The molecule has 0 aromatic carbocycles. The van der Waals surface area contributed by atoms with Crippen LogP contribution >= 0.6 is 0 Å². The van der Waals surface area contributed by atoms with Crippen LogP contribution in [0.5, 0.6) is 0 Å². The Bertz CT molecular complexity index is 203.